The van der Waals surface area contributed by atoms with Gasteiger partial charge in [0, 0.05) is 0 Å². The number of fused-ring (bicyclic) bond motifs is 1. The Hall–Kier alpha value is 0.783. The molecule has 0 amide bonds. The van der Waals surface area contributed by atoms with Gasteiger partial charge in [-0.15, -0.1) is 0 Å². The summed E-state index contributed by atoms with van der Waals surface area (Å²) in [6, 6.07) is 9.25. The fourth-order valence-electron chi connectivity index (χ4n) is 5.32. The van der Waals surface area contributed by atoms with Crippen LogP contribution < -0.4 is 0 Å². The quantitative estimate of drug-likeness (QED) is 0.252. The van der Waals surface area contributed by atoms with Gasteiger partial charge in [-0.3, -0.25) is 0 Å². The van der Waals surface area contributed by atoms with Crippen molar-refractivity contribution in [2.45, 2.75) is 80.4 Å². The molecule has 0 radical (unpaired) electrons. The van der Waals surface area contributed by atoms with Gasteiger partial charge in [-0.1, -0.05) is 0 Å². The van der Waals surface area contributed by atoms with E-state index in [0.29, 0.717) is 6.75 Å². The van der Waals surface area contributed by atoms with Crippen molar-refractivity contribution in [2.24, 2.45) is 0 Å². The summed E-state index contributed by atoms with van der Waals surface area (Å²) in [6.45, 7) is 14.5. The summed E-state index contributed by atoms with van der Waals surface area (Å²) in [6.07, 6.45) is 8.92. The summed E-state index contributed by atoms with van der Waals surface area (Å²) < 4.78 is 0.983. The number of rotatable bonds is 7. The minimum atomic E-state index is -2.78. The van der Waals surface area contributed by atoms with Gasteiger partial charge in [-0.05, 0) is 0 Å². The first-order valence-electron chi connectivity index (χ1n) is 10.8. The minimum absolute atomic E-state index is 0.299. The molecule has 0 saturated carbocycles. The SMILES string of the molecule is CCCCC1=Cc2ccccc2[CH]1[Zr]([I])([I])[C]1(C)C(C)=C(C)C(C)=C1CCC. The van der Waals surface area contributed by atoms with Gasteiger partial charge in [0.15, 0.2) is 0 Å². The fourth-order valence-corrected chi connectivity index (χ4v) is 30.8. The van der Waals surface area contributed by atoms with Crippen molar-refractivity contribution in [1.29, 1.82) is 0 Å². The van der Waals surface area contributed by atoms with Gasteiger partial charge >= 0.3 is 198 Å². The molecule has 2 unspecified atom stereocenters. The molecule has 1 aromatic rings. The van der Waals surface area contributed by atoms with Gasteiger partial charge in [-0.25, -0.2) is 0 Å². The number of allylic oxidation sites excluding steroid dienone is 5. The second kappa shape index (κ2) is 9.11. The molecule has 1 aromatic carbocycles. The summed E-state index contributed by atoms with van der Waals surface area (Å²) >= 11 is 3.29. The van der Waals surface area contributed by atoms with E-state index in [1.165, 1.54) is 37.7 Å². The van der Waals surface area contributed by atoms with Crippen LogP contribution in [0.4, 0.5) is 0 Å². The van der Waals surface area contributed by atoms with Crippen molar-refractivity contribution in [3.05, 3.63) is 63.3 Å². The third-order valence-corrected chi connectivity index (χ3v) is 35.8. The monoisotopic (exact) mass is 678 g/mol. The van der Waals surface area contributed by atoms with Gasteiger partial charge in [0.25, 0.3) is 0 Å². The van der Waals surface area contributed by atoms with E-state index in [0.717, 1.165) is 0 Å². The van der Waals surface area contributed by atoms with Gasteiger partial charge < -0.3 is 0 Å². The summed E-state index contributed by atoms with van der Waals surface area (Å²) in [7, 11) is 0. The van der Waals surface area contributed by atoms with E-state index in [9.17, 15) is 0 Å². The third kappa shape index (κ3) is 3.66. The Labute approximate surface area is 195 Å². The number of unbranched alkanes of at least 4 members (excludes halogenated alkanes) is 1. The second-order valence-corrected chi connectivity index (χ2v) is 48.0. The standard InChI is InChI=1S/C13H15.C12H19.2HI.Zr/c1-2-3-6-11-9-12-7-4-5-8-13(12)10-11;1-6-7-12-10(4)8(2)9(3)11(12)5;;;/h4-5,7-10H,2-3,6H2,1H3;6-7H2,1-5H3;2*1H;/q;;;;+2/p-2. The Morgan fingerprint density at radius 1 is 0.964 bits per heavy atom. The molecule has 3 heteroatoms. The molecule has 0 heterocycles. The van der Waals surface area contributed by atoms with E-state index in [4.69, 9.17) is 0 Å². The molecule has 2 aliphatic carbocycles. The number of hydrogen-bond donors (Lipinski definition) is 0. The normalized spacial score (nSPS) is 24.9. The van der Waals surface area contributed by atoms with Crippen LogP contribution in [0.3, 0.4) is 0 Å². The van der Waals surface area contributed by atoms with Crippen molar-refractivity contribution in [3.63, 3.8) is 0 Å². The van der Waals surface area contributed by atoms with Gasteiger partial charge in [0.2, 0.25) is 0 Å². The Bertz CT molecular complexity index is 859. The molecule has 3 rings (SSSR count). The summed E-state index contributed by atoms with van der Waals surface area (Å²) in [5.74, 6) is 0. The summed E-state index contributed by atoms with van der Waals surface area (Å²) in [5, 5.41) is 0. The van der Waals surface area contributed by atoms with E-state index in [1.807, 2.05) is 0 Å². The molecule has 0 aromatic heterocycles. The van der Waals surface area contributed by atoms with Crippen LogP contribution in [0, 0.1) is 0 Å². The van der Waals surface area contributed by atoms with Crippen LogP contribution in [-0.2, 0) is 11.9 Å². The average molecular weight is 680 g/mol. The molecular formula is C25H34I2Zr. The maximum atomic E-state index is 3.04. The molecule has 0 aliphatic heterocycles. The first-order chi connectivity index (χ1) is 13.2. The Morgan fingerprint density at radius 3 is 2.29 bits per heavy atom. The van der Waals surface area contributed by atoms with Crippen LogP contribution in [-0.4, -0.2) is 0 Å². The summed E-state index contributed by atoms with van der Waals surface area (Å²) in [4.78, 5) is 0. The van der Waals surface area contributed by atoms with Crippen LogP contribution in [0.1, 0.15) is 88.4 Å². The Kier molecular flexibility index (Phi) is 7.63. The Balaban J connectivity index is 2.16. The van der Waals surface area contributed by atoms with Crippen molar-refractivity contribution in [1.82, 2.24) is 0 Å². The predicted molar refractivity (Wildman–Crippen MR) is 139 cm³/mol. The van der Waals surface area contributed by atoms with Crippen LogP contribution in [0.25, 0.3) is 6.08 Å². The van der Waals surface area contributed by atoms with E-state index >= 15 is 0 Å². The van der Waals surface area contributed by atoms with Gasteiger partial charge in [0.05, 0.1) is 0 Å². The van der Waals surface area contributed by atoms with Crippen molar-refractivity contribution in [2.75, 3.05) is 0 Å². The van der Waals surface area contributed by atoms with Crippen molar-refractivity contribution >= 4 is 42.2 Å². The van der Waals surface area contributed by atoms with Crippen LogP contribution in [0.15, 0.2) is 52.1 Å². The Morgan fingerprint density at radius 2 is 1.64 bits per heavy atom. The average Bonchev–Trinajstić information content (AvgIpc) is 3.13. The van der Waals surface area contributed by atoms with Crippen molar-refractivity contribution < 1.29 is 11.9 Å². The van der Waals surface area contributed by atoms with Gasteiger partial charge in [0.1, 0.15) is 0 Å². The number of benzene rings is 1. The maximum absolute atomic E-state index is 3.04. The van der Waals surface area contributed by atoms with Crippen LogP contribution >= 0.6 is 36.1 Å². The van der Waals surface area contributed by atoms with E-state index in [-0.39, 0.29) is 0 Å². The molecule has 0 bridgehead atoms. The number of hydrogen-bond acceptors (Lipinski definition) is 0. The zero-order chi connectivity index (χ0) is 20.7. The molecule has 28 heavy (non-hydrogen) atoms. The molecule has 0 saturated heterocycles. The molecular weight excluding hydrogens is 645 g/mol. The third-order valence-electron chi connectivity index (χ3n) is 7.30. The van der Waals surface area contributed by atoms with E-state index in [1.54, 1.807) is 33.4 Å². The van der Waals surface area contributed by atoms with Crippen molar-refractivity contribution in [3.8, 4) is 0 Å². The number of halogens is 2. The molecule has 2 atom stereocenters. The molecule has 0 nitrogen and oxygen atoms in total. The predicted octanol–water partition coefficient (Wildman–Crippen LogP) is 9.81. The molecule has 0 spiro atoms. The fraction of sp³-hybridized carbons (Fsp3) is 0.520. The molecule has 0 fully saturated rings. The van der Waals surface area contributed by atoms with E-state index < -0.39 is 11.9 Å². The molecule has 2 aliphatic rings. The zero-order valence-electron chi connectivity index (χ0n) is 18.3. The van der Waals surface area contributed by atoms with Gasteiger partial charge in [-0.2, -0.15) is 0 Å². The summed E-state index contributed by atoms with van der Waals surface area (Å²) in [5.41, 5.74) is 11.5. The first-order valence-corrected chi connectivity index (χ1v) is 28.0. The zero-order valence-corrected chi connectivity index (χ0v) is 25.0. The first kappa shape index (κ1) is 23.4. The molecule has 0 N–H and O–H groups in total. The van der Waals surface area contributed by atoms with Crippen LogP contribution in [0.5, 0.6) is 0 Å². The van der Waals surface area contributed by atoms with Crippen LogP contribution in [0.2, 0.25) is 3.12 Å². The van der Waals surface area contributed by atoms with E-state index in [2.05, 4.69) is 108 Å². The second-order valence-electron chi connectivity index (χ2n) is 8.74. The molecule has 152 valence electrons. The topological polar surface area (TPSA) is 0 Å².